The van der Waals surface area contributed by atoms with Gasteiger partial charge < -0.3 is 4.52 Å². The summed E-state index contributed by atoms with van der Waals surface area (Å²) in [6.45, 7) is 3.73. The van der Waals surface area contributed by atoms with E-state index in [2.05, 4.69) is 15.4 Å². The third-order valence-corrected chi connectivity index (χ3v) is 1.63. The molecule has 11 heavy (non-hydrogen) atoms. The Hall–Kier alpha value is -1.45. The topological polar surface area (TPSA) is 51.8 Å². The molecule has 0 aromatic carbocycles. The van der Waals surface area contributed by atoms with E-state index >= 15 is 0 Å². The molecule has 0 saturated carbocycles. The number of hydrogen-bond acceptors (Lipinski definition) is 4. The van der Waals surface area contributed by atoms with Crippen molar-refractivity contribution in [1.29, 1.82) is 0 Å². The summed E-state index contributed by atoms with van der Waals surface area (Å²) in [5, 5.41) is 12.4. The molecule has 2 rings (SSSR count). The highest BCUT2D eigenvalue weighted by molar-refractivity contribution is 5.79. The van der Waals surface area contributed by atoms with E-state index in [1.165, 1.54) is 0 Å². The second-order valence-electron chi connectivity index (χ2n) is 2.44. The molecule has 0 aliphatic heterocycles. The highest BCUT2D eigenvalue weighted by Crippen LogP contribution is 2.17. The smallest absolute Gasteiger partial charge is 0.191 e. The molecule has 0 atom stereocenters. The minimum Gasteiger partial charge on any atom is -0.354 e. The summed E-state index contributed by atoms with van der Waals surface area (Å²) in [7, 11) is 0. The van der Waals surface area contributed by atoms with Crippen molar-refractivity contribution in [2.24, 2.45) is 0 Å². The molecule has 0 aliphatic carbocycles. The summed E-state index contributed by atoms with van der Waals surface area (Å²) in [4.78, 5) is 0. The van der Waals surface area contributed by atoms with Crippen LogP contribution in [0.1, 0.15) is 11.4 Å². The van der Waals surface area contributed by atoms with Gasteiger partial charge in [0.05, 0.1) is 17.3 Å². The van der Waals surface area contributed by atoms with Crippen LogP contribution in [0.4, 0.5) is 0 Å². The second-order valence-corrected chi connectivity index (χ2v) is 2.44. The number of hydrogen-bond donors (Lipinski definition) is 0. The van der Waals surface area contributed by atoms with Gasteiger partial charge in [-0.1, -0.05) is 5.16 Å². The maximum absolute atomic E-state index is 5.03. The van der Waals surface area contributed by atoms with Crippen LogP contribution in [0.2, 0.25) is 0 Å². The van der Waals surface area contributed by atoms with Crippen LogP contribution in [0.25, 0.3) is 11.0 Å². The largest absolute Gasteiger partial charge is 0.354 e. The Kier molecular flexibility index (Phi) is 1.15. The number of nitrogens with zero attached hydrogens (tertiary/aromatic N) is 3. The van der Waals surface area contributed by atoms with E-state index in [9.17, 15) is 0 Å². The maximum atomic E-state index is 5.03. The average molecular weight is 149 g/mol. The first-order valence-electron chi connectivity index (χ1n) is 3.33. The molecule has 56 valence electrons. The Morgan fingerprint density at radius 2 is 2.09 bits per heavy atom. The molecule has 0 fully saturated rings. The van der Waals surface area contributed by atoms with Crippen LogP contribution in [-0.4, -0.2) is 15.4 Å². The molecule has 0 N–H and O–H groups in total. The van der Waals surface area contributed by atoms with Crippen LogP contribution in [0, 0.1) is 13.8 Å². The lowest BCUT2D eigenvalue weighted by Crippen LogP contribution is -1.84. The van der Waals surface area contributed by atoms with E-state index in [0.717, 1.165) is 22.4 Å². The third-order valence-electron chi connectivity index (χ3n) is 1.63. The van der Waals surface area contributed by atoms with E-state index in [-0.39, 0.29) is 0 Å². The van der Waals surface area contributed by atoms with Crippen molar-refractivity contribution >= 4 is 11.0 Å². The van der Waals surface area contributed by atoms with Crippen LogP contribution in [0.3, 0.4) is 0 Å². The summed E-state index contributed by atoms with van der Waals surface area (Å²) in [6, 6.07) is 0. The van der Waals surface area contributed by atoms with Gasteiger partial charge in [0.25, 0.3) is 0 Å². The van der Waals surface area contributed by atoms with Crippen molar-refractivity contribution in [2.75, 3.05) is 0 Å². The Labute approximate surface area is 63.2 Å². The zero-order chi connectivity index (χ0) is 7.84. The molecule has 0 bridgehead atoms. The van der Waals surface area contributed by atoms with Crippen molar-refractivity contribution in [2.45, 2.75) is 13.8 Å². The van der Waals surface area contributed by atoms with Gasteiger partial charge in [-0.25, -0.2) is 0 Å². The number of fused-ring (bicyclic) bond motifs is 1. The van der Waals surface area contributed by atoms with Crippen molar-refractivity contribution in [3.8, 4) is 0 Å². The van der Waals surface area contributed by atoms with Crippen LogP contribution in [0.5, 0.6) is 0 Å². The molecule has 2 aromatic rings. The zero-order valence-electron chi connectivity index (χ0n) is 6.33. The highest BCUT2D eigenvalue weighted by Gasteiger charge is 2.06. The van der Waals surface area contributed by atoms with Crippen LogP contribution in [0.15, 0.2) is 10.7 Å². The molecule has 0 radical (unpaired) electrons. The minimum absolute atomic E-state index is 0.734. The first-order chi connectivity index (χ1) is 5.29. The molecule has 0 unspecified atom stereocenters. The monoisotopic (exact) mass is 149 g/mol. The van der Waals surface area contributed by atoms with Crippen molar-refractivity contribution in [3.05, 3.63) is 17.6 Å². The summed E-state index contributed by atoms with van der Waals surface area (Å²) in [6.07, 6.45) is 1.66. The van der Waals surface area contributed by atoms with Gasteiger partial charge in [0.15, 0.2) is 5.58 Å². The quantitative estimate of drug-likeness (QED) is 0.565. The van der Waals surface area contributed by atoms with Gasteiger partial charge in [-0.2, -0.15) is 10.2 Å². The minimum atomic E-state index is 0.734. The maximum Gasteiger partial charge on any atom is 0.191 e. The summed E-state index contributed by atoms with van der Waals surface area (Å²) in [5.74, 6) is 0. The van der Waals surface area contributed by atoms with Gasteiger partial charge in [-0.05, 0) is 13.8 Å². The molecular formula is C7H7N3O. The molecule has 2 aromatic heterocycles. The predicted molar refractivity (Wildman–Crippen MR) is 39.1 cm³/mol. The van der Waals surface area contributed by atoms with Gasteiger partial charge in [0.2, 0.25) is 0 Å². The van der Waals surface area contributed by atoms with Crippen molar-refractivity contribution < 1.29 is 4.52 Å². The fourth-order valence-corrected chi connectivity index (χ4v) is 1.01. The molecule has 0 aliphatic rings. The summed E-state index contributed by atoms with van der Waals surface area (Å²) < 4.78 is 5.03. The van der Waals surface area contributed by atoms with Gasteiger partial charge in [0.1, 0.15) is 5.69 Å². The number of rotatable bonds is 0. The molecule has 2 heterocycles. The van der Waals surface area contributed by atoms with Crippen molar-refractivity contribution in [3.63, 3.8) is 0 Å². The first kappa shape index (κ1) is 6.27. The Morgan fingerprint density at radius 3 is 2.82 bits per heavy atom. The van der Waals surface area contributed by atoms with Gasteiger partial charge in [-0.15, -0.1) is 0 Å². The molecule has 0 amide bonds. The third kappa shape index (κ3) is 0.790. The second kappa shape index (κ2) is 2.02. The lowest BCUT2D eigenvalue weighted by Gasteiger charge is -1.87. The van der Waals surface area contributed by atoms with Gasteiger partial charge in [-0.3, -0.25) is 0 Å². The van der Waals surface area contributed by atoms with Crippen LogP contribution < -0.4 is 0 Å². The van der Waals surface area contributed by atoms with E-state index < -0.39 is 0 Å². The summed E-state index contributed by atoms with van der Waals surface area (Å²) >= 11 is 0. The average Bonchev–Trinajstić information content (AvgIpc) is 2.35. The lowest BCUT2D eigenvalue weighted by atomic mass is 10.3. The van der Waals surface area contributed by atoms with Crippen molar-refractivity contribution in [1.82, 2.24) is 15.4 Å². The highest BCUT2D eigenvalue weighted by atomic mass is 16.5. The fraction of sp³-hybridized carbons (Fsp3) is 0.286. The summed E-state index contributed by atoms with van der Waals surface area (Å²) in [5.41, 5.74) is 2.37. The van der Waals surface area contributed by atoms with E-state index in [1.807, 2.05) is 13.8 Å². The standard InChI is InChI=1S/C7H7N3O/c1-4-6-3-8-9-5(2)7(6)11-10-4/h3H,1-2H3. The fourth-order valence-electron chi connectivity index (χ4n) is 1.01. The van der Waals surface area contributed by atoms with E-state index in [4.69, 9.17) is 4.52 Å². The van der Waals surface area contributed by atoms with Crippen LogP contribution in [-0.2, 0) is 0 Å². The molecule has 0 saturated heterocycles. The zero-order valence-corrected chi connectivity index (χ0v) is 6.33. The van der Waals surface area contributed by atoms with Gasteiger partial charge >= 0.3 is 0 Å². The molecular weight excluding hydrogens is 142 g/mol. The Balaban J connectivity index is 2.94. The number of aryl methyl sites for hydroxylation is 2. The Bertz CT molecular complexity index is 393. The molecule has 4 heteroatoms. The Morgan fingerprint density at radius 1 is 1.27 bits per heavy atom. The first-order valence-corrected chi connectivity index (χ1v) is 3.33. The molecule has 4 nitrogen and oxygen atoms in total. The van der Waals surface area contributed by atoms with E-state index in [1.54, 1.807) is 6.20 Å². The van der Waals surface area contributed by atoms with Crippen LogP contribution >= 0.6 is 0 Å². The number of aromatic nitrogens is 3. The lowest BCUT2D eigenvalue weighted by molar-refractivity contribution is 0.447. The molecule has 0 spiro atoms. The predicted octanol–water partition coefficient (Wildman–Crippen LogP) is 1.23. The SMILES string of the molecule is Cc1noc2c(C)nncc12. The van der Waals surface area contributed by atoms with Gasteiger partial charge in [0, 0.05) is 0 Å². The normalized spacial score (nSPS) is 10.7. The van der Waals surface area contributed by atoms with E-state index in [0.29, 0.717) is 0 Å².